The Bertz CT molecular complexity index is 1070. The monoisotopic (exact) mass is 771 g/mol. The van der Waals surface area contributed by atoms with Gasteiger partial charge in [0.15, 0.2) is 6.10 Å². The van der Waals surface area contributed by atoms with Gasteiger partial charge in [-0.25, -0.2) is 4.57 Å². The van der Waals surface area contributed by atoms with Gasteiger partial charge < -0.3 is 24.0 Å². The van der Waals surface area contributed by atoms with Crippen LogP contribution < -0.4 is 0 Å². The summed E-state index contributed by atoms with van der Waals surface area (Å²) in [6, 6.07) is 0. The van der Waals surface area contributed by atoms with Gasteiger partial charge in [-0.3, -0.25) is 18.6 Å². The zero-order valence-electron chi connectivity index (χ0n) is 34.1. The van der Waals surface area contributed by atoms with Crippen molar-refractivity contribution in [3.05, 3.63) is 48.6 Å². The fourth-order valence-corrected chi connectivity index (χ4v) is 5.89. The number of aliphatic hydroxyl groups is 1. The molecule has 0 aliphatic heterocycles. The number of likely N-dealkylation sites (N-methyl/N-ethyl adjacent to an activating group) is 1. The summed E-state index contributed by atoms with van der Waals surface area (Å²) in [5.41, 5.74) is 0. The first kappa shape index (κ1) is 50.9. The highest BCUT2D eigenvalue weighted by Gasteiger charge is 2.27. The number of allylic oxidation sites excluding steroid dienone is 6. The third-order valence-electron chi connectivity index (χ3n) is 8.44. The molecule has 0 saturated heterocycles. The highest BCUT2D eigenvalue weighted by molar-refractivity contribution is 7.47. The molecule has 308 valence electrons. The van der Waals surface area contributed by atoms with Crippen LogP contribution >= 0.6 is 7.82 Å². The smallest absolute Gasteiger partial charge is 0.462 e. The standard InChI is InChI=1S/C42H76NO9P/c1-6-8-10-12-14-15-16-17-21-25-29-33-41(45)49-37-40(38-51-53(47,48)50-36-35-43(3,4)5)52-42(46)34-30-26-22-19-18-20-24-28-32-39(44)31-27-23-13-11-9-7-2/h19-20,22-24,27-28,32,39-40,44H,6-18,21,25-26,29-31,33-38H2,1-5H3/p+1/b22-19-,24-20-,27-23-,32-28+/t39-,40+/m0/s1. The number of hydrogen-bond donors (Lipinski definition) is 2. The number of carbonyl (C=O) groups excluding carboxylic acids is 2. The van der Waals surface area contributed by atoms with Crippen LogP contribution in [0.2, 0.25) is 0 Å². The predicted octanol–water partition coefficient (Wildman–Crippen LogP) is 10.1. The molecule has 0 aliphatic carbocycles. The molecule has 0 bridgehead atoms. The number of carbonyl (C=O) groups is 2. The van der Waals surface area contributed by atoms with E-state index in [0.717, 1.165) is 32.1 Å². The largest absolute Gasteiger partial charge is 0.472 e. The van der Waals surface area contributed by atoms with E-state index in [1.54, 1.807) is 6.08 Å². The van der Waals surface area contributed by atoms with Crippen LogP contribution in [0.25, 0.3) is 0 Å². The number of nitrogens with zero attached hydrogens (tertiary/aromatic N) is 1. The van der Waals surface area contributed by atoms with E-state index in [-0.39, 0.29) is 26.1 Å². The van der Waals surface area contributed by atoms with E-state index in [1.165, 1.54) is 70.6 Å². The predicted molar refractivity (Wildman–Crippen MR) is 216 cm³/mol. The molecular formula is C42H77NO9P+. The molecule has 3 atom stereocenters. The van der Waals surface area contributed by atoms with Gasteiger partial charge in [0.1, 0.15) is 19.8 Å². The minimum atomic E-state index is -4.40. The number of esters is 2. The molecule has 0 spiro atoms. The quantitative estimate of drug-likeness (QED) is 0.0160. The summed E-state index contributed by atoms with van der Waals surface area (Å²) < 4.78 is 34.1. The lowest BCUT2D eigenvalue weighted by atomic mass is 10.1. The molecule has 0 rings (SSSR count). The van der Waals surface area contributed by atoms with Crippen molar-refractivity contribution in [3.8, 4) is 0 Å². The van der Waals surface area contributed by atoms with Crippen LogP contribution in [0.3, 0.4) is 0 Å². The molecule has 10 nitrogen and oxygen atoms in total. The molecule has 53 heavy (non-hydrogen) atoms. The fraction of sp³-hybridized carbons (Fsp3) is 0.762. The number of phosphoric acid groups is 1. The molecule has 0 amide bonds. The normalized spacial score (nSPS) is 14.8. The number of phosphoric ester groups is 1. The van der Waals surface area contributed by atoms with Crippen LogP contribution in [0.4, 0.5) is 0 Å². The molecule has 1 unspecified atom stereocenters. The first-order valence-corrected chi connectivity index (χ1v) is 22.0. The maximum Gasteiger partial charge on any atom is 0.472 e. The summed E-state index contributed by atoms with van der Waals surface area (Å²) in [7, 11) is 1.40. The van der Waals surface area contributed by atoms with Crippen molar-refractivity contribution in [2.24, 2.45) is 0 Å². The highest BCUT2D eigenvalue weighted by Crippen LogP contribution is 2.43. The maximum absolute atomic E-state index is 12.6. The average molecular weight is 771 g/mol. The molecule has 0 fully saturated rings. The maximum atomic E-state index is 12.6. The molecule has 0 saturated carbocycles. The van der Waals surface area contributed by atoms with Gasteiger partial charge in [-0.05, 0) is 44.9 Å². The van der Waals surface area contributed by atoms with Crippen LogP contribution in [0.1, 0.15) is 149 Å². The summed E-state index contributed by atoms with van der Waals surface area (Å²) >= 11 is 0. The molecule has 0 radical (unpaired) electrons. The van der Waals surface area contributed by atoms with Crippen molar-refractivity contribution in [1.29, 1.82) is 0 Å². The van der Waals surface area contributed by atoms with E-state index in [2.05, 4.69) is 19.9 Å². The number of hydrogen-bond acceptors (Lipinski definition) is 8. The van der Waals surface area contributed by atoms with Gasteiger partial charge in [-0.15, -0.1) is 0 Å². The lowest BCUT2D eigenvalue weighted by Gasteiger charge is -2.24. The second kappa shape index (κ2) is 34.4. The summed E-state index contributed by atoms with van der Waals surface area (Å²) in [5.74, 6) is -0.906. The SMILES string of the molecule is CCCCC/C=C\C[C@H](O)/C=C/C=C\C/C=C\CCCC(=O)O[C@H](COC(=O)CCCCCCCCCCCCC)COP(=O)(O)OCC[N+](C)(C)C. The van der Waals surface area contributed by atoms with E-state index < -0.39 is 38.6 Å². The first-order chi connectivity index (χ1) is 25.4. The van der Waals surface area contributed by atoms with Crippen molar-refractivity contribution >= 4 is 19.8 Å². The van der Waals surface area contributed by atoms with Crippen molar-refractivity contribution < 1.29 is 47.2 Å². The van der Waals surface area contributed by atoms with Crippen LogP contribution in [-0.2, 0) is 32.7 Å². The number of unbranched alkanes of at least 4 members (excludes halogenated alkanes) is 14. The lowest BCUT2D eigenvalue weighted by molar-refractivity contribution is -0.870. The van der Waals surface area contributed by atoms with Gasteiger partial charge in [0, 0.05) is 12.8 Å². The second-order valence-electron chi connectivity index (χ2n) is 14.9. The summed E-state index contributed by atoms with van der Waals surface area (Å²) in [6.07, 6.45) is 34.8. The van der Waals surface area contributed by atoms with E-state index in [1.807, 2.05) is 57.6 Å². The van der Waals surface area contributed by atoms with Crippen LogP contribution in [0, 0.1) is 0 Å². The zero-order valence-corrected chi connectivity index (χ0v) is 35.0. The third kappa shape index (κ3) is 38.0. The average Bonchev–Trinajstić information content (AvgIpc) is 3.10. The van der Waals surface area contributed by atoms with E-state index >= 15 is 0 Å². The summed E-state index contributed by atoms with van der Waals surface area (Å²) in [4.78, 5) is 35.2. The van der Waals surface area contributed by atoms with Crippen molar-refractivity contribution in [1.82, 2.24) is 0 Å². The Kier molecular flexibility index (Phi) is 33.1. The van der Waals surface area contributed by atoms with Gasteiger partial charge in [-0.1, -0.05) is 140 Å². The molecule has 0 aromatic heterocycles. The number of ether oxygens (including phenoxy) is 2. The van der Waals surface area contributed by atoms with E-state index in [9.17, 15) is 24.2 Å². The van der Waals surface area contributed by atoms with Crippen molar-refractivity contribution in [2.75, 3.05) is 47.5 Å². The first-order valence-electron chi connectivity index (χ1n) is 20.5. The summed E-state index contributed by atoms with van der Waals surface area (Å²) in [6.45, 7) is 4.21. The zero-order chi connectivity index (χ0) is 39.5. The molecule has 11 heteroatoms. The Labute approximate surface area is 323 Å². The molecule has 2 N–H and O–H groups in total. The van der Waals surface area contributed by atoms with Crippen molar-refractivity contribution in [3.63, 3.8) is 0 Å². The number of aliphatic hydroxyl groups excluding tert-OH is 1. The van der Waals surface area contributed by atoms with Gasteiger partial charge in [0.25, 0.3) is 0 Å². The van der Waals surface area contributed by atoms with Gasteiger partial charge in [0.05, 0.1) is 33.9 Å². The van der Waals surface area contributed by atoms with E-state index in [0.29, 0.717) is 30.3 Å². The lowest BCUT2D eigenvalue weighted by Crippen LogP contribution is -2.37. The fourth-order valence-electron chi connectivity index (χ4n) is 5.15. The molecule has 0 aromatic rings. The third-order valence-corrected chi connectivity index (χ3v) is 9.43. The van der Waals surface area contributed by atoms with Crippen LogP contribution in [-0.4, -0.2) is 86.1 Å². The number of rotatable bonds is 36. The van der Waals surface area contributed by atoms with Gasteiger partial charge in [0.2, 0.25) is 0 Å². The number of quaternary nitrogens is 1. The highest BCUT2D eigenvalue weighted by atomic mass is 31.2. The molecule has 0 aliphatic rings. The molecule has 0 heterocycles. The Hall–Kier alpha value is -2.07. The Morgan fingerprint density at radius 3 is 1.92 bits per heavy atom. The Morgan fingerprint density at radius 2 is 1.26 bits per heavy atom. The van der Waals surface area contributed by atoms with Gasteiger partial charge >= 0.3 is 19.8 Å². The summed E-state index contributed by atoms with van der Waals surface area (Å²) in [5, 5.41) is 10.0. The van der Waals surface area contributed by atoms with Crippen LogP contribution in [0.15, 0.2) is 48.6 Å². The minimum absolute atomic E-state index is 0.00986. The second-order valence-corrected chi connectivity index (χ2v) is 16.3. The van der Waals surface area contributed by atoms with Crippen LogP contribution in [0.5, 0.6) is 0 Å². The Morgan fingerprint density at radius 1 is 0.679 bits per heavy atom. The topological polar surface area (TPSA) is 129 Å². The Balaban J connectivity index is 4.58. The van der Waals surface area contributed by atoms with Gasteiger partial charge in [-0.2, -0.15) is 0 Å². The minimum Gasteiger partial charge on any atom is -0.462 e. The molecule has 0 aromatic carbocycles. The molecular weight excluding hydrogens is 693 g/mol. The van der Waals surface area contributed by atoms with Crippen molar-refractivity contribution in [2.45, 2.75) is 161 Å². The van der Waals surface area contributed by atoms with E-state index in [4.69, 9.17) is 18.5 Å².